The van der Waals surface area contributed by atoms with E-state index in [1.165, 1.54) is 5.75 Å². The van der Waals surface area contributed by atoms with E-state index in [2.05, 4.69) is 27.4 Å². The molecule has 2 unspecified atom stereocenters. The van der Waals surface area contributed by atoms with Gasteiger partial charge in [-0.3, -0.25) is 4.68 Å². The molecule has 1 aliphatic rings. The molecule has 1 aliphatic heterocycles. The van der Waals surface area contributed by atoms with E-state index in [0.717, 1.165) is 18.0 Å². The SMILES string of the molecule is CCC1SCCSC1c1noc(-c2cn(CCN)nn2)n1. The Labute approximate surface area is 131 Å². The van der Waals surface area contributed by atoms with Crippen molar-refractivity contribution in [2.75, 3.05) is 18.1 Å². The van der Waals surface area contributed by atoms with E-state index in [0.29, 0.717) is 35.2 Å². The first-order valence-corrected chi connectivity index (χ1v) is 9.09. The third kappa shape index (κ3) is 3.24. The molecule has 1 saturated heterocycles. The van der Waals surface area contributed by atoms with Crippen molar-refractivity contribution in [3.8, 4) is 11.6 Å². The Bertz CT molecular complexity index is 586. The molecular weight excluding hydrogens is 308 g/mol. The number of hydrogen-bond donors (Lipinski definition) is 1. The maximum Gasteiger partial charge on any atom is 0.280 e. The molecule has 114 valence electrons. The van der Waals surface area contributed by atoms with Crippen LogP contribution in [0.2, 0.25) is 0 Å². The lowest BCUT2D eigenvalue weighted by Crippen LogP contribution is -2.19. The van der Waals surface area contributed by atoms with Gasteiger partial charge in [0.2, 0.25) is 0 Å². The first kappa shape index (κ1) is 14.9. The van der Waals surface area contributed by atoms with Gasteiger partial charge < -0.3 is 10.3 Å². The molecule has 2 N–H and O–H groups in total. The van der Waals surface area contributed by atoms with Gasteiger partial charge in [-0.05, 0) is 6.42 Å². The highest BCUT2D eigenvalue weighted by Gasteiger charge is 2.30. The van der Waals surface area contributed by atoms with Gasteiger partial charge >= 0.3 is 0 Å². The minimum Gasteiger partial charge on any atom is -0.332 e. The second kappa shape index (κ2) is 6.80. The van der Waals surface area contributed by atoms with Crippen LogP contribution in [0.3, 0.4) is 0 Å². The maximum absolute atomic E-state index is 5.50. The molecule has 2 atom stereocenters. The van der Waals surface area contributed by atoms with E-state index in [-0.39, 0.29) is 0 Å². The van der Waals surface area contributed by atoms with Crippen LogP contribution in [-0.2, 0) is 6.54 Å². The predicted molar refractivity (Wildman–Crippen MR) is 84.1 cm³/mol. The number of thioether (sulfide) groups is 2. The summed E-state index contributed by atoms with van der Waals surface area (Å²) in [5, 5.41) is 13.0. The molecule has 21 heavy (non-hydrogen) atoms. The number of rotatable bonds is 5. The molecule has 2 aromatic heterocycles. The van der Waals surface area contributed by atoms with E-state index < -0.39 is 0 Å². The standard InChI is InChI=1S/C12H18N6OS2/c1-2-9-10(21-6-5-20-9)11-14-12(19-16-11)8-7-18(4-3-13)17-15-8/h7,9-10H,2-6,13H2,1H3. The molecule has 1 fully saturated rings. The van der Waals surface area contributed by atoms with E-state index in [1.54, 1.807) is 10.9 Å². The Morgan fingerprint density at radius 2 is 2.29 bits per heavy atom. The zero-order valence-corrected chi connectivity index (χ0v) is 13.4. The van der Waals surface area contributed by atoms with Crippen LogP contribution in [0.15, 0.2) is 10.7 Å². The summed E-state index contributed by atoms with van der Waals surface area (Å²) in [6.07, 6.45) is 2.89. The van der Waals surface area contributed by atoms with Crippen LogP contribution in [0.5, 0.6) is 0 Å². The third-order valence-corrected chi connectivity index (χ3v) is 6.51. The van der Waals surface area contributed by atoms with Crippen molar-refractivity contribution in [3.63, 3.8) is 0 Å². The highest BCUT2D eigenvalue weighted by molar-refractivity contribution is 8.06. The minimum atomic E-state index is 0.297. The van der Waals surface area contributed by atoms with Crippen molar-refractivity contribution < 1.29 is 4.52 Å². The number of hydrogen-bond acceptors (Lipinski definition) is 8. The summed E-state index contributed by atoms with van der Waals surface area (Å²) in [5.41, 5.74) is 6.10. The third-order valence-electron chi connectivity index (χ3n) is 3.26. The average Bonchev–Trinajstić information content (AvgIpc) is 3.16. The van der Waals surface area contributed by atoms with Crippen LogP contribution in [0, 0.1) is 0 Å². The molecule has 0 spiro atoms. The fraction of sp³-hybridized carbons (Fsp3) is 0.667. The Hall–Kier alpha value is -1.06. The Morgan fingerprint density at radius 3 is 3.10 bits per heavy atom. The monoisotopic (exact) mass is 326 g/mol. The van der Waals surface area contributed by atoms with Gasteiger partial charge in [0.25, 0.3) is 5.89 Å². The lowest BCUT2D eigenvalue weighted by molar-refractivity contribution is 0.420. The molecule has 3 rings (SSSR count). The first-order chi connectivity index (χ1) is 10.3. The first-order valence-electron chi connectivity index (χ1n) is 6.99. The highest BCUT2D eigenvalue weighted by Crippen LogP contribution is 2.43. The summed E-state index contributed by atoms with van der Waals surface area (Å²) in [4.78, 5) is 4.52. The van der Waals surface area contributed by atoms with Gasteiger partial charge in [-0.25, -0.2) is 0 Å². The van der Waals surface area contributed by atoms with Crippen LogP contribution in [0.4, 0.5) is 0 Å². The van der Waals surface area contributed by atoms with Crippen molar-refractivity contribution in [2.24, 2.45) is 5.73 Å². The molecule has 9 heteroatoms. The van der Waals surface area contributed by atoms with Crippen LogP contribution < -0.4 is 5.73 Å². The van der Waals surface area contributed by atoms with Gasteiger partial charge in [0.05, 0.1) is 18.0 Å². The summed E-state index contributed by atoms with van der Waals surface area (Å²) < 4.78 is 7.04. The number of nitrogens with two attached hydrogens (primary N) is 1. The maximum atomic E-state index is 5.50. The molecule has 0 aliphatic carbocycles. The van der Waals surface area contributed by atoms with Gasteiger partial charge in [-0.1, -0.05) is 17.3 Å². The molecule has 7 nitrogen and oxygen atoms in total. The summed E-state index contributed by atoms with van der Waals surface area (Å²) in [7, 11) is 0. The van der Waals surface area contributed by atoms with Gasteiger partial charge in [0.15, 0.2) is 11.5 Å². The molecule has 3 heterocycles. The van der Waals surface area contributed by atoms with Crippen molar-refractivity contribution in [1.82, 2.24) is 25.1 Å². The van der Waals surface area contributed by atoms with Crippen LogP contribution in [-0.4, -0.2) is 48.4 Å². The molecule has 0 bridgehead atoms. The normalized spacial score (nSPS) is 22.6. The molecule has 2 aromatic rings. The Balaban J connectivity index is 1.78. The fourth-order valence-electron chi connectivity index (χ4n) is 2.23. The van der Waals surface area contributed by atoms with Gasteiger partial charge in [0.1, 0.15) is 0 Å². The average molecular weight is 326 g/mol. The summed E-state index contributed by atoms with van der Waals surface area (Å²) in [5.74, 6) is 3.52. The Morgan fingerprint density at radius 1 is 1.43 bits per heavy atom. The number of nitrogens with zero attached hydrogens (tertiary/aromatic N) is 5. The highest BCUT2D eigenvalue weighted by atomic mass is 32.2. The van der Waals surface area contributed by atoms with Crippen LogP contribution >= 0.6 is 23.5 Å². The van der Waals surface area contributed by atoms with Crippen molar-refractivity contribution in [1.29, 1.82) is 0 Å². The lowest BCUT2D eigenvalue weighted by Gasteiger charge is -2.27. The zero-order valence-electron chi connectivity index (χ0n) is 11.8. The van der Waals surface area contributed by atoms with Gasteiger partial charge in [-0.15, -0.1) is 16.9 Å². The molecule has 0 amide bonds. The predicted octanol–water partition coefficient (Wildman–Crippen LogP) is 1.59. The largest absolute Gasteiger partial charge is 0.332 e. The smallest absolute Gasteiger partial charge is 0.280 e. The van der Waals surface area contributed by atoms with Gasteiger partial charge in [0, 0.05) is 23.3 Å². The van der Waals surface area contributed by atoms with Crippen LogP contribution in [0.25, 0.3) is 11.6 Å². The van der Waals surface area contributed by atoms with Crippen molar-refractivity contribution >= 4 is 23.5 Å². The van der Waals surface area contributed by atoms with Gasteiger partial charge in [-0.2, -0.15) is 16.7 Å². The summed E-state index contributed by atoms with van der Waals surface area (Å²) in [6, 6.07) is 0. The lowest BCUT2D eigenvalue weighted by atomic mass is 10.2. The molecule has 0 aromatic carbocycles. The number of aromatic nitrogens is 5. The minimum absolute atomic E-state index is 0.297. The molecular formula is C12H18N6OS2. The van der Waals surface area contributed by atoms with E-state index in [1.807, 2.05) is 23.5 Å². The second-order valence-electron chi connectivity index (χ2n) is 4.72. The topological polar surface area (TPSA) is 95.7 Å². The van der Waals surface area contributed by atoms with Crippen molar-refractivity contribution in [2.45, 2.75) is 30.4 Å². The fourth-order valence-corrected chi connectivity index (χ4v) is 5.22. The van der Waals surface area contributed by atoms with Crippen LogP contribution in [0.1, 0.15) is 24.4 Å². The van der Waals surface area contributed by atoms with E-state index in [4.69, 9.17) is 10.3 Å². The molecule has 0 radical (unpaired) electrons. The summed E-state index contributed by atoms with van der Waals surface area (Å²) >= 11 is 3.90. The van der Waals surface area contributed by atoms with E-state index >= 15 is 0 Å². The Kier molecular flexibility index (Phi) is 4.81. The molecule has 0 saturated carbocycles. The van der Waals surface area contributed by atoms with Crippen molar-refractivity contribution in [3.05, 3.63) is 12.0 Å². The quantitative estimate of drug-likeness (QED) is 0.885. The second-order valence-corrected chi connectivity index (χ2v) is 7.32. The van der Waals surface area contributed by atoms with E-state index in [9.17, 15) is 0 Å². The summed E-state index contributed by atoms with van der Waals surface area (Å²) in [6.45, 7) is 3.35. The zero-order chi connectivity index (χ0) is 14.7.